The number of benzene rings is 1. The van der Waals surface area contributed by atoms with Crippen LogP contribution in [0.15, 0.2) is 12.1 Å². The molecule has 3 aliphatic rings. The summed E-state index contributed by atoms with van der Waals surface area (Å²) < 4.78 is 11.6. The second-order valence-corrected chi connectivity index (χ2v) is 7.91. The van der Waals surface area contributed by atoms with Crippen molar-refractivity contribution < 1.29 is 19.1 Å². The molecule has 0 unspecified atom stereocenters. The molecule has 1 saturated heterocycles. The highest BCUT2D eigenvalue weighted by Crippen LogP contribution is 2.38. The lowest BCUT2D eigenvalue weighted by Crippen LogP contribution is -2.44. The van der Waals surface area contributed by atoms with Crippen LogP contribution in [0.25, 0.3) is 0 Å². The molecule has 1 aliphatic carbocycles. The molecule has 27 heavy (non-hydrogen) atoms. The molecule has 1 N–H and O–H groups in total. The second kappa shape index (κ2) is 7.41. The van der Waals surface area contributed by atoms with Crippen LogP contribution in [-0.4, -0.2) is 42.5 Å². The fraction of sp³-hybridized carbons (Fsp3) is 0.619. The van der Waals surface area contributed by atoms with Gasteiger partial charge in [-0.25, -0.2) is 0 Å². The molecular weight excluding hydrogens is 344 g/mol. The lowest BCUT2D eigenvalue weighted by atomic mass is 9.96. The first kappa shape index (κ1) is 18.1. The molecule has 0 aromatic heterocycles. The average Bonchev–Trinajstić information content (AvgIpc) is 3.44. The van der Waals surface area contributed by atoms with Crippen LogP contribution in [0.1, 0.15) is 45.1 Å². The zero-order valence-electron chi connectivity index (χ0n) is 16.1. The number of carbonyl (C=O) groups is 2. The SMILES string of the molecule is CCOc1cc2c(cc1NC(=O)[C@H]1CCCN(C(=O)C3CC3)C1)O[C@@H](C)C2. The maximum absolute atomic E-state index is 12.9. The Labute approximate surface area is 160 Å². The van der Waals surface area contributed by atoms with Crippen molar-refractivity contribution in [2.24, 2.45) is 11.8 Å². The van der Waals surface area contributed by atoms with Gasteiger partial charge in [0, 0.05) is 37.1 Å². The molecule has 0 radical (unpaired) electrons. The van der Waals surface area contributed by atoms with Crippen molar-refractivity contribution in [3.63, 3.8) is 0 Å². The minimum Gasteiger partial charge on any atom is -0.492 e. The molecular formula is C21H28N2O4. The van der Waals surface area contributed by atoms with E-state index in [0.29, 0.717) is 24.6 Å². The third-order valence-corrected chi connectivity index (χ3v) is 5.59. The number of amides is 2. The Kier molecular flexibility index (Phi) is 4.98. The van der Waals surface area contributed by atoms with Gasteiger partial charge in [-0.05, 0) is 45.6 Å². The van der Waals surface area contributed by atoms with Gasteiger partial charge in [0.05, 0.1) is 18.2 Å². The predicted octanol–water partition coefficient (Wildman–Crippen LogP) is 3.00. The van der Waals surface area contributed by atoms with Gasteiger partial charge in [0.1, 0.15) is 17.6 Å². The van der Waals surface area contributed by atoms with Crippen LogP contribution < -0.4 is 14.8 Å². The highest BCUT2D eigenvalue weighted by Gasteiger charge is 2.37. The van der Waals surface area contributed by atoms with E-state index < -0.39 is 0 Å². The van der Waals surface area contributed by atoms with E-state index in [2.05, 4.69) is 5.32 Å². The van der Waals surface area contributed by atoms with Crippen LogP contribution in [0.5, 0.6) is 11.5 Å². The monoisotopic (exact) mass is 372 g/mol. The normalized spacial score (nSPS) is 24.1. The van der Waals surface area contributed by atoms with E-state index in [0.717, 1.165) is 50.0 Å². The number of anilines is 1. The van der Waals surface area contributed by atoms with Crippen molar-refractivity contribution in [3.05, 3.63) is 17.7 Å². The van der Waals surface area contributed by atoms with E-state index in [1.165, 1.54) is 0 Å². The maximum Gasteiger partial charge on any atom is 0.229 e. The smallest absolute Gasteiger partial charge is 0.229 e. The lowest BCUT2D eigenvalue weighted by Gasteiger charge is -2.32. The zero-order valence-corrected chi connectivity index (χ0v) is 16.1. The number of hydrogen-bond donors (Lipinski definition) is 1. The summed E-state index contributed by atoms with van der Waals surface area (Å²) >= 11 is 0. The molecule has 2 aliphatic heterocycles. The number of likely N-dealkylation sites (tertiary alicyclic amines) is 1. The molecule has 2 amide bonds. The van der Waals surface area contributed by atoms with Gasteiger partial charge in [0.15, 0.2) is 0 Å². The summed E-state index contributed by atoms with van der Waals surface area (Å²) in [5, 5.41) is 3.03. The first-order chi connectivity index (χ1) is 13.0. The molecule has 1 aromatic rings. The van der Waals surface area contributed by atoms with Crippen LogP contribution >= 0.6 is 0 Å². The molecule has 2 heterocycles. The molecule has 1 aromatic carbocycles. The van der Waals surface area contributed by atoms with Crippen molar-refractivity contribution in [3.8, 4) is 11.5 Å². The van der Waals surface area contributed by atoms with Gasteiger partial charge < -0.3 is 19.7 Å². The van der Waals surface area contributed by atoms with E-state index in [1.807, 2.05) is 30.9 Å². The fourth-order valence-corrected chi connectivity index (χ4v) is 4.03. The van der Waals surface area contributed by atoms with Crippen LogP contribution in [-0.2, 0) is 16.0 Å². The minimum absolute atomic E-state index is 0.0461. The van der Waals surface area contributed by atoms with Crippen LogP contribution in [0.4, 0.5) is 5.69 Å². The predicted molar refractivity (Wildman–Crippen MR) is 102 cm³/mol. The molecule has 0 spiro atoms. The van der Waals surface area contributed by atoms with Crippen LogP contribution in [0.2, 0.25) is 0 Å². The van der Waals surface area contributed by atoms with E-state index in [4.69, 9.17) is 9.47 Å². The first-order valence-electron chi connectivity index (χ1n) is 10.1. The zero-order chi connectivity index (χ0) is 19.0. The standard InChI is InChI=1S/C21H28N2O4/c1-3-26-19-10-16-9-13(2)27-18(16)11-17(19)22-20(24)15-5-4-8-23(12-15)21(25)14-6-7-14/h10-11,13-15H,3-9,12H2,1-2H3,(H,22,24)/t13-,15-/m0/s1. The number of carbonyl (C=O) groups excluding carboxylic acids is 2. The fourth-order valence-electron chi connectivity index (χ4n) is 4.03. The van der Waals surface area contributed by atoms with Gasteiger partial charge in [-0.2, -0.15) is 0 Å². The molecule has 0 bridgehead atoms. The van der Waals surface area contributed by atoms with Crippen LogP contribution in [0, 0.1) is 11.8 Å². The summed E-state index contributed by atoms with van der Waals surface area (Å²) in [6.07, 6.45) is 4.67. The molecule has 6 nitrogen and oxygen atoms in total. The summed E-state index contributed by atoms with van der Waals surface area (Å²) in [6, 6.07) is 3.85. The Hall–Kier alpha value is -2.24. The highest BCUT2D eigenvalue weighted by molar-refractivity contribution is 5.95. The topological polar surface area (TPSA) is 67.9 Å². The summed E-state index contributed by atoms with van der Waals surface area (Å²) in [5.74, 6) is 1.70. The third kappa shape index (κ3) is 3.89. The summed E-state index contributed by atoms with van der Waals surface area (Å²) in [6.45, 7) is 5.79. The Morgan fingerprint density at radius 1 is 1.26 bits per heavy atom. The van der Waals surface area contributed by atoms with E-state index in [9.17, 15) is 9.59 Å². The van der Waals surface area contributed by atoms with Crippen LogP contribution in [0.3, 0.4) is 0 Å². The summed E-state index contributed by atoms with van der Waals surface area (Å²) in [5.41, 5.74) is 1.77. The van der Waals surface area contributed by atoms with Gasteiger partial charge in [-0.3, -0.25) is 9.59 Å². The van der Waals surface area contributed by atoms with Crippen molar-refractivity contribution in [2.75, 3.05) is 25.0 Å². The molecule has 4 rings (SSSR count). The number of fused-ring (bicyclic) bond motifs is 1. The molecule has 2 fully saturated rings. The highest BCUT2D eigenvalue weighted by atomic mass is 16.5. The van der Waals surface area contributed by atoms with Gasteiger partial charge in [0.2, 0.25) is 11.8 Å². The van der Waals surface area contributed by atoms with E-state index in [1.54, 1.807) is 0 Å². The summed E-state index contributed by atoms with van der Waals surface area (Å²) in [4.78, 5) is 27.1. The van der Waals surface area contributed by atoms with Gasteiger partial charge in [-0.1, -0.05) is 0 Å². The van der Waals surface area contributed by atoms with Gasteiger partial charge in [-0.15, -0.1) is 0 Å². The Morgan fingerprint density at radius 3 is 2.81 bits per heavy atom. The maximum atomic E-state index is 12.9. The molecule has 1 saturated carbocycles. The van der Waals surface area contributed by atoms with Crippen molar-refractivity contribution in [1.29, 1.82) is 0 Å². The largest absolute Gasteiger partial charge is 0.492 e. The number of nitrogens with zero attached hydrogens (tertiary/aromatic N) is 1. The summed E-state index contributed by atoms with van der Waals surface area (Å²) in [7, 11) is 0. The van der Waals surface area contributed by atoms with Crippen molar-refractivity contribution in [2.45, 2.75) is 52.1 Å². The van der Waals surface area contributed by atoms with E-state index >= 15 is 0 Å². The second-order valence-electron chi connectivity index (χ2n) is 7.91. The third-order valence-electron chi connectivity index (χ3n) is 5.59. The Bertz CT molecular complexity index is 744. The first-order valence-corrected chi connectivity index (χ1v) is 10.1. The Morgan fingerprint density at radius 2 is 2.07 bits per heavy atom. The lowest BCUT2D eigenvalue weighted by molar-refractivity contribution is -0.135. The average molecular weight is 372 g/mol. The quantitative estimate of drug-likeness (QED) is 0.863. The number of nitrogens with one attached hydrogen (secondary N) is 1. The minimum atomic E-state index is -0.177. The molecule has 6 heteroatoms. The number of piperidine rings is 1. The van der Waals surface area contributed by atoms with E-state index in [-0.39, 0.29) is 29.8 Å². The Balaban J connectivity index is 1.47. The number of rotatable bonds is 5. The van der Waals surface area contributed by atoms with Crippen molar-refractivity contribution >= 4 is 17.5 Å². The number of hydrogen-bond acceptors (Lipinski definition) is 4. The van der Waals surface area contributed by atoms with Gasteiger partial charge in [0.25, 0.3) is 0 Å². The van der Waals surface area contributed by atoms with Gasteiger partial charge >= 0.3 is 0 Å². The van der Waals surface area contributed by atoms with Crippen molar-refractivity contribution in [1.82, 2.24) is 4.90 Å². The number of ether oxygens (including phenoxy) is 2. The molecule has 146 valence electrons. The molecule has 2 atom stereocenters.